The van der Waals surface area contributed by atoms with Gasteiger partial charge in [-0.15, -0.1) is 0 Å². The number of sulfonamides is 1. The van der Waals surface area contributed by atoms with Crippen LogP contribution >= 0.6 is 0 Å². The highest BCUT2D eigenvalue weighted by molar-refractivity contribution is 7.92. The molecule has 2 aromatic heterocycles. The number of nitrogens with one attached hydrogen (secondary N) is 1. The molecule has 24 heavy (non-hydrogen) atoms. The fraction of sp³-hybridized carbons (Fsp3) is 0.500. The fourth-order valence-electron chi connectivity index (χ4n) is 2.59. The lowest BCUT2D eigenvalue weighted by Gasteiger charge is -2.23. The van der Waals surface area contributed by atoms with E-state index in [0.717, 1.165) is 31.6 Å². The second-order valence-corrected chi connectivity index (χ2v) is 7.27. The van der Waals surface area contributed by atoms with Gasteiger partial charge in [-0.05, 0) is 38.8 Å². The van der Waals surface area contributed by atoms with Crippen molar-refractivity contribution in [2.24, 2.45) is 0 Å². The van der Waals surface area contributed by atoms with Crippen molar-refractivity contribution < 1.29 is 12.9 Å². The van der Waals surface area contributed by atoms with E-state index in [4.69, 9.17) is 4.52 Å². The van der Waals surface area contributed by atoms with E-state index < -0.39 is 10.0 Å². The third kappa shape index (κ3) is 4.05. The third-order valence-electron chi connectivity index (χ3n) is 3.58. The zero-order valence-electron chi connectivity index (χ0n) is 14.5. The summed E-state index contributed by atoms with van der Waals surface area (Å²) in [5.74, 6) is 0.528. The largest absolute Gasteiger partial charge is 0.370 e. The number of aryl methyl sites for hydroxylation is 2. The van der Waals surface area contributed by atoms with Gasteiger partial charge in [0, 0.05) is 13.1 Å². The Hall–Kier alpha value is -2.09. The minimum Gasteiger partial charge on any atom is -0.370 e. The Morgan fingerprint density at radius 1 is 1.17 bits per heavy atom. The summed E-state index contributed by atoms with van der Waals surface area (Å²) >= 11 is 0. The second kappa shape index (κ2) is 7.65. The Morgan fingerprint density at radius 3 is 2.29 bits per heavy atom. The van der Waals surface area contributed by atoms with E-state index in [2.05, 4.69) is 33.6 Å². The molecule has 0 aliphatic heterocycles. The molecule has 2 rings (SSSR count). The number of pyridine rings is 1. The topological polar surface area (TPSA) is 88.3 Å². The summed E-state index contributed by atoms with van der Waals surface area (Å²) in [6, 6.07) is 3.55. The van der Waals surface area contributed by atoms with E-state index in [-0.39, 0.29) is 16.5 Å². The minimum absolute atomic E-state index is 0.0620. The van der Waals surface area contributed by atoms with E-state index in [0.29, 0.717) is 5.69 Å². The summed E-state index contributed by atoms with van der Waals surface area (Å²) in [6.07, 6.45) is 3.78. The molecule has 0 saturated carbocycles. The molecule has 0 atom stereocenters. The molecule has 0 fully saturated rings. The highest BCUT2D eigenvalue weighted by atomic mass is 32.2. The molecule has 0 saturated heterocycles. The van der Waals surface area contributed by atoms with Crippen LogP contribution in [0.2, 0.25) is 0 Å². The number of hydrogen-bond acceptors (Lipinski definition) is 6. The Balaban J connectivity index is 2.19. The van der Waals surface area contributed by atoms with Gasteiger partial charge in [-0.1, -0.05) is 19.0 Å². The molecule has 0 aromatic carbocycles. The second-order valence-electron chi connectivity index (χ2n) is 5.65. The maximum absolute atomic E-state index is 12.5. The van der Waals surface area contributed by atoms with E-state index in [9.17, 15) is 8.42 Å². The van der Waals surface area contributed by atoms with E-state index in [1.165, 1.54) is 0 Å². The van der Waals surface area contributed by atoms with Gasteiger partial charge in [0.05, 0.1) is 11.9 Å². The fourth-order valence-corrected chi connectivity index (χ4v) is 3.93. The number of aromatic nitrogens is 2. The minimum atomic E-state index is -3.77. The van der Waals surface area contributed by atoms with Crippen molar-refractivity contribution in [2.45, 2.75) is 45.4 Å². The predicted molar refractivity (Wildman–Crippen MR) is 93.8 cm³/mol. The number of anilines is 2. The van der Waals surface area contributed by atoms with Crippen LogP contribution in [0.3, 0.4) is 0 Å². The molecular weight excluding hydrogens is 328 g/mol. The molecule has 0 bridgehead atoms. The highest BCUT2D eigenvalue weighted by Crippen LogP contribution is 2.22. The molecule has 1 N–H and O–H groups in total. The summed E-state index contributed by atoms with van der Waals surface area (Å²) < 4.78 is 32.3. The van der Waals surface area contributed by atoms with Gasteiger partial charge in [-0.25, -0.2) is 13.4 Å². The average Bonchev–Trinajstić information content (AvgIpc) is 2.87. The standard InChI is InChI=1S/C16H24N4O3S/c1-5-9-20(10-6-2)14-7-8-15(17-11-14)19-24(21,22)16-12(3)18-23-13(16)4/h7-8,11H,5-6,9-10H2,1-4H3,(H,17,19). The Morgan fingerprint density at radius 2 is 1.83 bits per heavy atom. The smallest absolute Gasteiger partial charge is 0.268 e. The quantitative estimate of drug-likeness (QED) is 0.785. The summed E-state index contributed by atoms with van der Waals surface area (Å²) in [6.45, 7) is 9.30. The first-order valence-corrected chi connectivity index (χ1v) is 9.54. The van der Waals surface area contributed by atoms with Crippen molar-refractivity contribution in [3.8, 4) is 0 Å². The first kappa shape index (κ1) is 18.3. The normalized spacial score (nSPS) is 11.5. The van der Waals surface area contributed by atoms with Crippen LogP contribution < -0.4 is 9.62 Å². The van der Waals surface area contributed by atoms with Crippen molar-refractivity contribution in [3.63, 3.8) is 0 Å². The average molecular weight is 352 g/mol. The van der Waals surface area contributed by atoms with Gasteiger partial charge in [0.2, 0.25) is 0 Å². The van der Waals surface area contributed by atoms with Gasteiger partial charge in [0.1, 0.15) is 11.5 Å². The lowest BCUT2D eigenvalue weighted by atomic mass is 10.3. The maximum atomic E-state index is 12.5. The van der Waals surface area contributed by atoms with Gasteiger partial charge >= 0.3 is 0 Å². The van der Waals surface area contributed by atoms with Crippen LogP contribution in [0, 0.1) is 13.8 Å². The van der Waals surface area contributed by atoms with E-state index in [1.54, 1.807) is 26.1 Å². The van der Waals surface area contributed by atoms with Crippen molar-refractivity contribution in [1.82, 2.24) is 10.1 Å². The van der Waals surface area contributed by atoms with Gasteiger partial charge in [0.15, 0.2) is 10.7 Å². The van der Waals surface area contributed by atoms with Crippen molar-refractivity contribution >= 4 is 21.5 Å². The SMILES string of the molecule is CCCN(CCC)c1ccc(NS(=O)(=O)c2c(C)noc2C)nc1. The van der Waals surface area contributed by atoms with Crippen LogP contribution in [0.1, 0.15) is 38.1 Å². The highest BCUT2D eigenvalue weighted by Gasteiger charge is 2.24. The molecule has 2 heterocycles. The van der Waals surface area contributed by atoms with E-state index >= 15 is 0 Å². The predicted octanol–water partition coefficient (Wildman–Crippen LogP) is 3.11. The van der Waals surface area contributed by atoms with Gasteiger partial charge < -0.3 is 9.42 Å². The molecule has 0 aliphatic rings. The maximum Gasteiger partial charge on any atom is 0.268 e. The van der Waals surface area contributed by atoms with Crippen LogP contribution in [-0.4, -0.2) is 31.6 Å². The summed E-state index contributed by atoms with van der Waals surface area (Å²) in [4.78, 5) is 6.53. The molecular formula is C16H24N4O3S. The molecule has 8 heteroatoms. The summed E-state index contributed by atoms with van der Waals surface area (Å²) in [5.41, 5.74) is 1.31. The first-order valence-electron chi connectivity index (χ1n) is 8.05. The molecule has 2 aromatic rings. The molecule has 0 amide bonds. The molecule has 7 nitrogen and oxygen atoms in total. The van der Waals surface area contributed by atoms with Crippen molar-refractivity contribution in [1.29, 1.82) is 0 Å². The molecule has 0 radical (unpaired) electrons. The molecule has 132 valence electrons. The third-order valence-corrected chi connectivity index (χ3v) is 5.17. The number of nitrogens with zero attached hydrogens (tertiary/aromatic N) is 3. The zero-order chi connectivity index (χ0) is 17.7. The van der Waals surface area contributed by atoms with Crippen molar-refractivity contribution in [3.05, 3.63) is 29.8 Å². The lowest BCUT2D eigenvalue weighted by Crippen LogP contribution is -2.25. The van der Waals surface area contributed by atoms with Crippen LogP contribution in [0.25, 0.3) is 0 Å². The number of hydrogen-bond donors (Lipinski definition) is 1. The van der Waals surface area contributed by atoms with Gasteiger partial charge in [-0.2, -0.15) is 0 Å². The Bertz CT molecular complexity index is 744. The lowest BCUT2D eigenvalue weighted by molar-refractivity contribution is 0.390. The summed E-state index contributed by atoms with van der Waals surface area (Å²) in [5, 5.41) is 3.68. The van der Waals surface area contributed by atoms with Crippen LogP contribution in [0.4, 0.5) is 11.5 Å². The van der Waals surface area contributed by atoms with Crippen LogP contribution in [-0.2, 0) is 10.0 Å². The van der Waals surface area contributed by atoms with Crippen molar-refractivity contribution in [2.75, 3.05) is 22.7 Å². The Labute approximate surface area is 143 Å². The summed E-state index contributed by atoms with van der Waals surface area (Å²) in [7, 11) is -3.77. The zero-order valence-corrected chi connectivity index (χ0v) is 15.4. The Kier molecular flexibility index (Phi) is 5.82. The van der Waals surface area contributed by atoms with Crippen LogP contribution in [0.5, 0.6) is 0 Å². The molecule has 0 aliphatic carbocycles. The van der Waals surface area contributed by atoms with E-state index in [1.807, 2.05) is 6.07 Å². The van der Waals surface area contributed by atoms with Gasteiger partial charge in [0.25, 0.3) is 10.0 Å². The van der Waals surface area contributed by atoms with Gasteiger partial charge in [-0.3, -0.25) is 4.72 Å². The molecule has 0 spiro atoms. The monoisotopic (exact) mass is 352 g/mol. The number of rotatable bonds is 8. The van der Waals surface area contributed by atoms with Crippen LogP contribution in [0.15, 0.2) is 27.7 Å². The molecule has 0 unspecified atom stereocenters. The first-order chi connectivity index (χ1) is 11.4.